The summed E-state index contributed by atoms with van der Waals surface area (Å²) >= 11 is 0. The summed E-state index contributed by atoms with van der Waals surface area (Å²) in [5.41, 5.74) is 0. The van der Waals surface area contributed by atoms with Crippen LogP contribution in [0.1, 0.15) is 27.7 Å². The molecule has 0 spiro atoms. The van der Waals surface area contributed by atoms with E-state index in [4.69, 9.17) is 0 Å². The second kappa shape index (κ2) is 35.0. The fraction of sp³-hybridized carbons (Fsp3) is 1.00. The smallest absolute Gasteiger partial charge is 0.563 e. The van der Waals surface area contributed by atoms with Crippen LogP contribution in [0.3, 0.4) is 0 Å². The molecule has 0 fully saturated rings. The molecular formula is C8H20O20P8Re+4. The van der Waals surface area contributed by atoms with E-state index in [2.05, 4.69) is 35.3 Å². The van der Waals surface area contributed by atoms with Crippen LogP contribution in [-0.4, -0.2) is 26.4 Å². The molecule has 0 amide bonds. The summed E-state index contributed by atoms with van der Waals surface area (Å²) in [6, 6.07) is 0. The van der Waals surface area contributed by atoms with Crippen LogP contribution in [0.15, 0.2) is 0 Å². The molecule has 8 unspecified atom stereocenters. The molecule has 0 aromatic rings. The van der Waals surface area contributed by atoms with Gasteiger partial charge in [0.15, 0.2) is 0 Å². The Hall–Kier alpha value is 0.982. The monoisotopic (exact) mass is 871 g/mol. The van der Waals surface area contributed by atoms with Crippen LogP contribution in [0.4, 0.5) is 0 Å². The van der Waals surface area contributed by atoms with Crippen LogP contribution >= 0.6 is 66.0 Å². The first-order valence-corrected chi connectivity index (χ1v) is 17.1. The summed E-state index contributed by atoms with van der Waals surface area (Å²) in [6.45, 7) is 6.97. The molecule has 0 saturated carbocycles. The first-order valence-electron chi connectivity index (χ1n) is 8.36. The Morgan fingerprint density at radius 2 is 0.541 bits per heavy atom. The Kier molecular flexibility index (Phi) is 45.2. The molecule has 0 bridgehead atoms. The molecule has 0 aliphatic rings. The van der Waals surface area contributed by atoms with Crippen LogP contribution in [0.5, 0.6) is 0 Å². The normalized spacial score (nSPS) is 12.8. The number of rotatable bonds is 16. The van der Waals surface area contributed by atoms with Gasteiger partial charge < -0.3 is 19.6 Å². The van der Waals surface area contributed by atoms with Crippen LogP contribution in [0, 0.1) is 0 Å². The quantitative estimate of drug-likeness (QED) is 0.201. The van der Waals surface area contributed by atoms with Crippen molar-refractivity contribution in [1.82, 2.24) is 0 Å². The van der Waals surface area contributed by atoms with Crippen molar-refractivity contribution in [3.8, 4) is 0 Å². The van der Waals surface area contributed by atoms with E-state index in [1.165, 1.54) is 0 Å². The Bertz CT molecular complexity index is 615. The minimum absolute atomic E-state index is 0. The van der Waals surface area contributed by atoms with Crippen LogP contribution in [0.2, 0.25) is 0 Å². The summed E-state index contributed by atoms with van der Waals surface area (Å²) in [4.78, 5) is 38.5. The van der Waals surface area contributed by atoms with E-state index in [9.17, 15) is 56.1 Å². The van der Waals surface area contributed by atoms with E-state index in [1.807, 2.05) is 0 Å². The largest absolute Gasteiger partial charge is 0.744 e. The Balaban J connectivity index is -0.000000122. The number of hydrogen-bond donors (Lipinski definition) is 0. The average Bonchev–Trinajstić information content (AvgIpc) is 2.68. The molecule has 1 radical (unpaired) electrons. The molecule has 0 aliphatic heterocycles. The Morgan fingerprint density at radius 1 is 0.405 bits per heavy atom. The molecule has 29 heteroatoms. The maximum atomic E-state index is 10.2. The van der Waals surface area contributed by atoms with Crippen molar-refractivity contribution in [3.05, 3.63) is 0 Å². The molecule has 215 valence electrons. The minimum Gasteiger partial charge on any atom is -0.563 e. The van der Waals surface area contributed by atoms with Crippen molar-refractivity contribution in [2.24, 2.45) is 0 Å². The molecule has 0 heterocycles. The maximum absolute atomic E-state index is 10.2. The number of hydrogen-bond acceptors (Lipinski definition) is 20. The second-order valence-electron chi connectivity index (χ2n) is 3.79. The SMILES string of the molecule is CCO[P+](=O)O[P+](=O)[O-].CCO[P+](=O)O[P+](=O)[O-].CCO[P+](=O)O[P+](=O)[O-].CCO[P+](=O)O[P+](=O)[O-].[Re]. The van der Waals surface area contributed by atoms with E-state index in [1.54, 1.807) is 27.7 Å². The predicted octanol–water partition coefficient (Wildman–Crippen LogP) is 2.86. The fourth-order valence-electron chi connectivity index (χ4n) is 0.734. The van der Waals surface area contributed by atoms with Gasteiger partial charge in [0.05, 0.1) is 0 Å². The van der Waals surface area contributed by atoms with Crippen LogP contribution < -0.4 is 19.6 Å². The van der Waals surface area contributed by atoms with Gasteiger partial charge in [-0.1, -0.05) is 0 Å². The van der Waals surface area contributed by atoms with Gasteiger partial charge >= 0.3 is 66.0 Å². The standard InChI is InChI=1S/4C2H5O5P2.Re/c4*1-2-6-9(5)7-8(3)4;/h4*2H2,1H3;/q4*+1;. The van der Waals surface area contributed by atoms with Crippen molar-refractivity contribution in [1.29, 1.82) is 0 Å². The zero-order valence-corrected chi connectivity index (χ0v) is 28.8. The Morgan fingerprint density at radius 3 is 0.622 bits per heavy atom. The van der Waals surface area contributed by atoms with Gasteiger partial charge in [0.25, 0.3) is 0 Å². The molecule has 0 rings (SSSR count). The molecule has 0 N–H and O–H groups in total. The average molecular weight is 870 g/mol. The van der Waals surface area contributed by atoms with Crippen LogP contribution in [0.25, 0.3) is 0 Å². The second-order valence-corrected chi connectivity index (χ2v) is 11.0. The predicted molar refractivity (Wildman–Crippen MR) is 112 cm³/mol. The summed E-state index contributed by atoms with van der Waals surface area (Å²) in [5, 5.41) is 0. The molecular weight excluding hydrogens is 850 g/mol. The zero-order valence-electron chi connectivity index (χ0n) is 18.9. The van der Waals surface area contributed by atoms with E-state index in [0.717, 1.165) is 0 Å². The van der Waals surface area contributed by atoms with Gasteiger partial charge in [0, 0.05) is 38.7 Å². The third-order valence-corrected chi connectivity index (χ3v) is 7.61. The first kappa shape index (κ1) is 47.8. The van der Waals surface area contributed by atoms with Crippen molar-refractivity contribution < 1.29 is 112 Å². The van der Waals surface area contributed by atoms with Crippen molar-refractivity contribution >= 4 is 66.0 Å². The summed E-state index contributed by atoms with van der Waals surface area (Å²) in [6.07, 6.45) is 0. The van der Waals surface area contributed by atoms with Gasteiger partial charge in [-0.15, -0.1) is 18.1 Å². The van der Waals surface area contributed by atoms with Gasteiger partial charge in [0.2, 0.25) is 0 Å². The van der Waals surface area contributed by atoms with E-state index >= 15 is 0 Å². The van der Waals surface area contributed by atoms with Gasteiger partial charge in [-0.25, -0.2) is 0 Å². The molecule has 0 aromatic carbocycles. The first-order chi connectivity index (χ1) is 16.7. The third-order valence-electron chi connectivity index (χ3n) is 1.47. The minimum atomic E-state index is -3.06. The Labute approximate surface area is 231 Å². The molecule has 8 atom stereocenters. The van der Waals surface area contributed by atoms with E-state index in [0.29, 0.717) is 0 Å². The molecule has 37 heavy (non-hydrogen) atoms. The molecule has 0 saturated heterocycles. The zero-order chi connectivity index (χ0) is 29.1. The molecule has 0 aliphatic carbocycles. The molecule has 20 nitrogen and oxygen atoms in total. The molecule has 0 aromatic heterocycles. The summed E-state index contributed by atoms with van der Waals surface area (Å²) in [7, 11) is -22.1. The van der Waals surface area contributed by atoms with Gasteiger partial charge in [0.1, 0.15) is 43.7 Å². The summed E-state index contributed by atoms with van der Waals surface area (Å²) < 4.78 is 111. The topological polar surface area (TPSA) is 303 Å². The van der Waals surface area contributed by atoms with E-state index < -0.39 is 66.0 Å². The fourth-order valence-corrected chi connectivity index (χ4v) is 4.07. The summed E-state index contributed by atoms with van der Waals surface area (Å²) in [5.74, 6) is 0. The maximum Gasteiger partial charge on any atom is 0.744 e. The third kappa shape index (κ3) is 53.9. The van der Waals surface area contributed by atoms with Gasteiger partial charge in [-0.3, -0.25) is 0 Å². The van der Waals surface area contributed by atoms with Gasteiger partial charge in [-0.2, -0.15) is 0 Å². The van der Waals surface area contributed by atoms with Gasteiger partial charge in [-0.05, 0) is 46.0 Å². The van der Waals surface area contributed by atoms with Crippen molar-refractivity contribution in [2.75, 3.05) is 26.4 Å². The van der Waals surface area contributed by atoms with Crippen molar-refractivity contribution in [2.45, 2.75) is 27.7 Å². The van der Waals surface area contributed by atoms with Crippen molar-refractivity contribution in [3.63, 3.8) is 0 Å². The van der Waals surface area contributed by atoms with E-state index in [-0.39, 0.29) is 46.9 Å². The van der Waals surface area contributed by atoms with Crippen LogP contribution in [-0.2, 0) is 92.3 Å².